The zero-order valence-corrected chi connectivity index (χ0v) is 14.9. The van der Waals surface area contributed by atoms with E-state index in [1.54, 1.807) is 7.11 Å². The summed E-state index contributed by atoms with van der Waals surface area (Å²) in [4.78, 5) is 4.82. The number of nitrogens with zero attached hydrogens (tertiary/aromatic N) is 1. The van der Waals surface area contributed by atoms with E-state index in [1.807, 2.05) is 42.5 Å². The van der Waals surface area contributed by atoms with E-state index in [9.17, 15) is 0 Å². The molecule has 0 aliphatic carbocycles. The van der Waals surface area contributed by atoms with Crippen LogP contribution in [0.4, 0.5) is 11.5 Å². The lowest BCUT2D eigenvalue weighted by atomic mass is 10.00. The molecular formula is C23H20N2O. The first-order valence-electron chi connectivity index (χ1n) is 8.61. The van der Waals surface area contributed by atoms with Crippen LogP contribution >= 0.6 is 0 Å². The van der Waals surface area contributed by atoms with Crippen LogP contribution in [0.1, 0.15) is 5.56 Å². The highest BCUT2D eigenvalue weighted by Crippen LogP contribution is 2.32. The molecule has 0 saturated heterocycles. The molecular weight excluding hydrogens is 320 g/mol. The second-order valence-electron chi connectivity index (χ2n) is 6.30. The van der Waals surface area contributed by atoms with Gasteiger partial charge < -0.3 is 10.1 Å². The minimum atomic E-state index is 0.833. The van der Waals surface area contributed by atoms with Crippen molar-refractivity contribution in [2.75, 3.05) is 12.4 Å². The Morgan fingerprint density at radius 3 is 2.35 bits per heavy atom. The Bertz CT molecular complexity index is 1040. The maximum Gasteiger partial charge on any atom is 0.131 e. The SMILES string of the molecule is COc1ccc(-c2cc(Nc3ccccc3)nc3cc(C)ccc23)cc1. The third-order valence-electron chi connectivity index (χ3n) is 4.41. The third kappa shape index (κ3) is 3.24. The Balaban J connectivity index is 1.86. The van der Waals surface area contributed by atoms with E-state index < -0.39 is 0 Å². The fourth-order valence-electron chi connectivity index (χ4n) is 3.08. The minimum absolute atomic E-state index is 0.833. The topological polar surface area (TPSA) is 34.1 Å². The van der Waals surface area contributed by atoms with Crippen molar-refractivity contribution in [3.63, 3.8) is 0 Å². The number of hydrogen-bond donors (Lipinski definition) is 1. The summed E-state index contributed by atoms with van der Waals surface area (Å²) in [6, 6.07) is 26.7. The Morgan fingerprint density at radius 1 is 0.846 bits per heavy atom. The van der Waals surface area contributed by atoms with Crippen LogP contribution in [0.25, 0.3) is 22.0 Å². The van der Waals surface area contributed by atoms with Gasteiger partial charge in [0, 0.05) is 11.1 Å². The van der Waals surface area contributed by atoms with Crippen LogP contribution in [0, 0.1) is 6.92 Å². The molecule has 26 heavy (non-hydrogen) atoms. The minimum Gasteiger partial charge on any atom is -0.497 e. The molecule has 0 amide bonds. The molecule has 3 nitrogen and oxygen atoms in total. The zero-order valence-electron chi connectivity index (χ0n) is 14.9. The van der Waals surface area contributed by atoms with Crippen molar-refractivity contribution in [3.05, 3.63) is 84.4 Å². The zero-order chi connectivity index (χ0) is 17.9. The summed E-state index contributed by atoms with van der Waals surface area (Å²) >= 11 is 0. The summed E-state index contributed by atoms with van der Waals surface area (Å²) in [6.07, 6.45) is 0. The van der Waals surface area contributed by atoms with E-state index in [0.29, 0.717) is 0 Å². The first-order chi connectivity index (χ1) is 12.7. The second kappa shape index (κ2) is 6.89. The monoisotopic (exact) mass is 340 g/mol. The second-order valence-corrected chi connectivity index (χ2v) is 6.30. The summed E-state index contributed by atoms with van der Waals surface area (Å²) < 4.78 is 5.29. The Hall–Kier alpha value is -3.33. The highest BCUT2D eigenvalue weighted by atomic mass is 16.5. The fraction of sp³-hybridized carbons (Fsp3) is 0.0870. The summed E-state index contributed by atoms with van der Waals surface area (Å²) in [5.74, 6) is 1.69. The first-order valence-corrected chi connectivity index (χ1v) is 8.61. The Morgan fingerprint density at radius 2 is 1.62 bits per heavy atom. The third-order valence-corrected chi connectivity index (χ3v) is 4.41. The molecule has 3 heteroatoms. The number of para-hydroxylation sites is 1. The van der Waals surface area contributed by atoms with Crippen LogP contribution in [-0.2, 0) is 0 Å². The van der Waals surface area contributed by atoms with Crippen LogP contribution in [-0.4, -0.2) is 12.1 Å². The lowest BCUT2D eigenvalue weighted by molar-refractivity contribution is 0.415. The normalized spacial score (nSPS) is 10.7. The van der Waals surface area contributed by atoms with Gasteiger partial charge in [-0.2, -0.15) is 0 Å². The van der Waals surface area contributed by atoms with Crippen molar-refractivity contribution in [1.29, 1.82) is 0 Å². The van der Waals surface area contributed by atoms with E-state index in [4.69, 9.17) is 9.72 Å². The van der Waals surface area contributed by atoms with Gasteiger partial charge in [0.25, 0.3) is 0 Å². The maximum absolute atomic E-state index is 5.29. The van der Waals surface area contributed by atoms with Crippen molar-refractivity contribution in [3.8, 4) is 16.9 Å². The lowest BCUT2D eigenvalue weighted by Crippen LogP contribution is -1.96. The smallest absolute Gasteiger partial charge is 0.131 e. The number of fused-ring (bicyclic) bond motifs is 1. The number of benzene rings is 3. The number of rotatable bonds is 4. The summed E-state index contributed by atoms with van der Waals surface area (Å²) in [7, 11) is 1.68. The van der Waals surface area contributed by atoms with Crippen LogP contribution < -0.4 is 10.1 Å². The molecule has 0 fully saturated rings. The number of methoxy groups -OCH3 is 1. The van der Waals surface area contributed by atoms with Gasteiger partial charge in [-0.05, 0) is 60.0 Å². The van der Waals surface area contributed by atoms with Gasteiger partial charge in [-0.15, -0.1) is 0 Å². The van der Waals surface area contributed by atoms with Gasteiger partial charge in [0.1, 0.15) is 11.6 Å². The molecule has 0 radical (unpaired) electrons. The largest absolute Gasteiger partial charge is 0.497 e. The van der Waals surface area contributed by atoms with Crippen LogP contribution in [0.15, 0.2) is 78.9 Å². The number of pyridine rings is 1. The Kier molecular flexibility index (Phi) is 4.28. The van der Waals surface area contributed by atoms with E-state index >= 15 is 0 Å². The van der Waals surface area contributed by atoms with Gasteiger partial charge in [0.15, 0.2) is 0 Å². The average Bonchev–Trinajstić information content (AvgIpc) is 2.68. The van der Waals surface area contributed by atoms with Gasteiger partial charge >= 0.3 is 0 Å². The summed E-state index contributed by atoms with van der Waals surface area (Å²) in [6.45, 7) is 2.09. The molecule has 0 aliphatic rings. The summed E-state index contributed by atoms with van der Waals surface area (Å²) in [5.41, 5.74) is 5.49. The van der Waals surface area contributed by atoms with Crippen molar-refractivity contribution in [2.45, 2.75) is 6.92 Å². The molecule has 0 bridgehead atoms. The molecule has 1 aromatic heterocycles. The van der Waals surface area contributed by atoms with Gasteiger partial charge in [0.2, 0.25) is 0 Å². The van der Waals surface area contributed by atoms with Gasteiger partial charge in [-0.1, -0.05) is 42.5 Å². The molecule has 0 saturated carbocycles. The maximum atomic E-state index is 5.29. The molecule has 4 aromatic rings. The quantitative estimate of drug-likeness (QED) is 0.497. The number of nitrogens with one attached hydrogen (secondary N) is 1. The highest BCUT2D eigenvalue weighted by molar-refractivity contribution is 5.96. The van der Waals surface area contributed by atoms with Gasteiger partial charge in [-0.25, -0.2) is 4.98 Å². The van der Waals surface area contributed by atoms with Crippen LogP contribution in [0.5, 0.6) is 5.75 Å². The number of ether oxygens (including phenoxy) is 1. The standard InChI is InChI=1S/C23H20N2O/c1-16-8-13-20-21(17-9-11-19(26-2)12-10-17)15-23(25-22(20)14-16)24-18-6-4-3-5-7-18/h3-15H,1-2H3,(H,24,25). The van der Waals surface area contributed by atoms with E-state index in [2.05, 4.69) is 48.6 Å². The molecule has 0 unspecified atom stereocenters. The molecule has 3 aromatic carbocycles. The highest BCUT2D eigenvalue weighted by Gasteiger charge is 2.09. The van der Waals surface area contributed by atoms with E-state index in [0.717, 1.165) is 39.3 Å². The molecule has 0 atom stereocenters. The lowest BCUT2D eigenvalue weighted by Gasteiger charge is -2.12. The number of anilines is 2. The molecule has 128 valence electrons. The molecule has 4 rings (SSSR count). The van der Waals surface area contributed by atoms with Crippen molar-refractivity contribution < 1.29 is 4.74 Å². The van der Waals surface area contributed by atoms with Crippen molar-refractivity contribution in [1.82, 2.24) is 4.98 Å². The summed E-state index contributed by atoms with van der Waals surface area (Å²) in [5, 5.41) is 4.55. The molecule has 1 heterocycles. The van der Waals surface area contributed by atoms with Gasteiger partial charge in [-0.3, -0.25) is 0 Å². The van der Waals surface area contributed by atoms with Crippen LogP contribution in [0.2, 0.25) is 0 Å². The van der Waals surface area contributed by atoms with Crippen molar-refractivity contribution >= 4 is 22.4 Å². The predicted molar refractivity (Wildman–Crippen MR) is 108 cm³/mol. The number of hydrogen-bond acceptors (Lipinski definition) is 3. The number of aromatic nitrogens is 1. The van der Waals surface area contributed by atoms with E-state index in [1.165, 1.54) is 5.56 Å². The fourth-order valence-corrected chi connectivity index (χ4v) is 3.08. The van der Waals surface area contributed by atoms with Crippen LogP contribution in [0.3, 0.4) is 0 Å². The Labute approximate surface area is 153 Å². The molecule has 0 aliphatic heterocycles. The van der Waals surface area contributed by atoms with E-state index in [-0.39, 0.29) is 0 Å². The predicted octanol–water partition coefficient (Wildman–Crippen LogP) is 5.96. The van der Waals surface area contributed by atoms with Crippen molar-refractivity contribution in [2.24, 2.45) is 0 Å². The average molecular weight is 340 g/mol. The molecule has 1 N–H and O–H groups in total. The molecule has 0 spiro atoms. The first kappa shape index (κ1) is 16.2. The number of aryl methyl sites for hydroxylation is 1. The van der Waals surface area contributed by atoms with Gasteiger partial charge in [0.05, 0.1) is 12.6 Å².